The Morgan fingerprint density at radius 3 is 2.72 bits per heavy atom. The van der Waals surface area contributed by atoms with Crippen LogP contribution in [0.15, 0.2) is 24.4 Å². The van der Waals surface area contributed by atoms with Crippen molar-refractivity contribution in [2.75, 3.05) is 20.1 Å². The maximum Gasteiger partial charge on any atom is 0.281 e. The topological polar surface area (TPSA) is 150 Å². The summed E-state index contributed by atoms with van der Waals surface area (Å²) < 4.78 is 6.45. The Morgan fingerprint density at radius 1 is 1.23 bits per heavy atom. The highest BCUT2D eigenvalue weighted by molar-refractivity contribution is 5.97. The van der Waals surface area contributed by atoms with Crippen LogP contribution >= 0.6 is 0 Å². The molecule has 43 heavy (non-hydrogen) atoms. The monoisotopic (exact) mass is 595 g/mol. The first kappa shape index (κ1) is 30.1. The van der Waals surface area contributed by atoms with Crippen molar-refractivity contribution in [1.82, 2.24) is 25.0 Å². The minimum absolute atomic E-state index is 0. The number of likely N-dealkylation sites (tertiary alicyclic amines) is 1. The molecule has 1 aliphatic carbocycles. The van der Waals surface area contributed by atoms with E-state index in [1.165, 1.54) is 21.4 Å². The van der Waals surface area contributed by atoms with Crippen molar-refractivity contribution in [2.45, 2.75) is 95.5 Å². The lowest BCUT2D eigenvalue weighted by Gasteiger charge is -2.49. The van der Waals surface area contributed by atoms with E-state index < -0.39 is 35.5 Å². The quantitative estimate of drug-likeness (QED) is 0.479. The number of ether oxygens (including phenoxy) is 1. The SMILES string of the molecule is CC(C)CC1C(=O)N2CCCC2C2(O)OC(NC(=O)C3CC4c5cccc6[nH]cc(c56)CC4N(C)C3)(C(C)C)C(=O)N12.O. The fourth-order valence-corrected chi connectivity index (χ4v) is 8.63. The van der Waals surface area contributed by atoms with Gasteiger partial charge in [-0.2, -0.15) is 0 Å². The number of piperazine rings is 1. The Kier molecular flexibility index (Phi) is 7.19. The Morgan fingerprint density at radius 2 is 2.00 bits per heavy atom. The molecular weight excluding hydrogens is 550 g/mol. The summed E-state index contributed by atoms with van der Waals surface area (Å²) in [5, 5.41) is 16.4. The summed E-state index contributed by atoms with van der Waals surface area (Å²) in [6.07, 6.45) is 5.36. The van der Waals surface area contributed by atoms with Crippen molar-refractivity contribution < 1.29 is 29.7 Å². The smallest absolute Gasteiger partial charge is 0.281 e. The Balaban J connectivity index is 0.00000329. The molecule has 3 amide bonds. The molecule has 5 heterocycles. The number of fused-ring (bicyclic) bond motifs is 5. The molecule has 0 spiro atoms. The first-order valence-electron chi connectivity index (χ1n) is 15.6. The highest BCUT2D eigenvalue weighted by Crippen LogP contribution is 2.49. The minimum atomic E-state index is -1.99. The fourth-order valence-electron chi connectivity index (χ4n) is 8.63. The predicted molar refractivity (Wildman–Crippen MR) is 159 cm³/mol. The second-order valence-corrected chi connectivity index (χ2v) is 14.0. The summed E-state index contributed by atoms with van der Waals surface area (Å²) in [5.74, 6) is -3.48. The molecule has 1 aromatic carbocycles. The van der Waals surface area contributed by atoms with Crippen LogP contribution in [0.2, 0.25) is 0 Å². The molecule has 4 saturated heterocycles. The van der Waals surface area contributed by atoms with Gasteiger partial charge in [-0.15, -0.1) is 0 Å². The van der Waals surface area contributed by atoms with Gasteiger partial charge < -0.3 is 30.7 Å². The number of aromatic amines is 1. The Bertz CT molecular complexity index is 1460. The van der Waals surface area contributed by atoms with E-state index in [0.717, 1.165) is 18.4 Å². The number of H-pyrrole nitrogens is 1. The van der Waals surface area contributed by atoms with Crippen LogP contribution < -0.4 is 5.32 Å². The zero-order chi connectivity index (χ0) is 29.7. The van der Waals surface area contributed by atoms with Crippen LogP contribution in [0.4, 0.5) is 0 Å². The van der Waals surface area contributed by atoms with Gasteiger partial charge in [0.2, 0.25) is 17.5 Å². The van der Waals surface area contributed by atoms with Gasteiger partial charge in [0.05, 0.1) is 5.92 Å². The molecule has 5 N–H and O–H groups in total. The predicted octanol–water partition coefficient (Wildman–Crippen LogP) is 1.70. The maximum absolute atomic E-state index is 14.4. The molecule has 4 aliphatic heterocycles. The molecule has 4 fully saturated rings. The van der Waals surface area contributed by atoms with E-state index in [1.54, 1.807) is 4.90 Å². The summed E-state index contributed by atoms with van der Waals surface area (Å²) in [4.78, 5) is 50.8. The number of nitrogens with one attached hydrogen (secondary N) is 2. The van der Waals surface area contributed by atoms with Crippen molar-refractivity contribution in [2.24, 2.45) is 17.8 Å². The molecular formula is C32H45N5O6. The molecule has 0 saturated carbocycles. The van der Waals surface area contributed by atoms with Crippen molar-refractivity contribution in [3.8, 4) is 0 Å². The fraction of sp³-hybridized carbons (Fsp3) is 0.656. The number of likely N-dealkylation sites (N-methyl/N-ethyl adjacent to an activating group) is 1. The third-order valence-corrected chi connectivity index (χ3v) is 10.7. The number of nitrogens with zero attached hydrogens (tertiary/aromatic N) is 3. The molecule has 5 aliphatic rings. The number of hydrogen-bond acceptors (Lipinski definition) is 6. The van der Waals surface area contributed by atoms with Crippen molar-refractivity contribution in [3.05, 3.63) is 35.5 Å². The van der Waals surface area contributed by atoms with E-state index in [2.05, 4.69) is 46.6 Å². The van der Waals surface area contributed by atoms with Crippen molar-refractivity contribution >= 4 is 28.6 Å². The van der Waals surface area contributed by atoms with Crippen LogP contribution in [-0.2, 0) is 25.5 Å². The highest BCUT2D eigenvalue weighted by Gasteiger charge is 2.72. The number of aromatic nitrogens is 1. The highest BCUT2D eigenvalue weighted by atomic mass is 16.7. The number of piperidine rings is 1. The molecule has 2 aromatic rings. The number of aliphatic hydroxyl groups is 1. The second kappa shape index (κ2) is 10.3. The molecule has 7 atom stereocenters. The van der Waals surface area contributed by atoms with Gasteiger partial charge in [0.15, 0.2) is 0 Å². The van der Waals surface area contributed by atoms with Crippen LogP contribution in [-0.4, -0.2) is 97.9 Å². The lowest BCUT2D eigenvalue weighted by Crippen LogP contribution is -2.71. The zero-order valence-electron chi connectivity index (χ0n) is 25.7. The number of carbonyl (C=O) groups is 3. The lowest BCUT2D eigenvalue weighted by molar-refractivity contribution is -0.322. The van der Waals surface area contributed by atoms with Crippen LogP contribution in [0.5, 0.6) is 0 Å². The average molecular weight is 596 g/mol. The van der Waals surface area contributed by atoms with Gasteiger partial charge >= 0.3 is 0 Å². The minimum Gasteiger partial charge on any atom is -0.412 e. The third kappa shape index (κ3) is 4.18. The van der Waals surface area contributed by atoms with E-state index in [-0.39, 0.29) is 41.1 Å². The van der Waals surface area contributed by atoms with Gasteiger partial charge in [0.25, 0.3) is 11.8 Å². The molecule has 7 rings (SSSR count). The molecule has 7 unspecified atom stereocenters. The van der Waals surface area contributed by atoms with Gasteiger partial charge in [-0.3, -0.25) is 24.0 Å². The van der Waals surface area contributed by atoms with Crippen LogP contribution in [0.3, 0.4) is 0 Å². The lowest BCUT2D eigenvalue weighted by atomic mass is 9.72. The summed E-state index contributed by atoms with van der Waals surface area (Å²) in [5.41, 5.74) is 1.93. The Hall–Kier alpha value is -2.99. The number of hydrogen-bond donors (Lipinski definition) is 3. The molecule has 11 nitrogen and oxygen atoms in total. The van der Waals surface area contributed by atoms with Crippen molar-refractivity contribution in [1.29, 1.82) is 0 Å². The number of benzene rings is 1. The standard InChI is InChI=1S/C32H43N5O5.H2O/c1-17(2)12-25-29(39)36-11-7-10-26(36)32(41)37(25)30(40)31(42-32,18(3)4)34-28(38)20-13-22-21-8-6-9-23-27(21)19(15-33-23)14-24(22)35(5)16-20;/h6,8-9,15,17-18,20,22,24-26,33,41H,7,10-14,16H2,1-5H3,(H,34,38);1H2. The van der Waals surface area contributed by atoms with Gasteiger partial charge in [-0.1, -0.05) is 39.8 Å². The van der Waals surface area contributed by atoms with Gasteiger partial charge in [-0.25, -0.2) is 0 Å². The first-order chi connectivity index (χ1) is 20.0. The van der Waals surface area contributed by atoms with Gasteiger partial charge in [-0.05, 0) is 62.3 Å². The van der Waals surface area contributed by atoms with Crippen LogP contribution in [0, 0.1) is 17.8 Å². The molecule has 0 radical (unpaired) electrons. The maximum atomic E-state index is 14.4. The van der Waals surface area contributed by atoms with E-state index in [9.17, 15) is 19.5 Å². The summed E-state index contributed by atoms with van der Waals surface area (Å²) >= 11 is 0. The average Bonchev–Trinajstić information content (AvgIpc) is 3.65. The van der Waals surface area contributed by atoms with Crippen LogP contribution in [0.1, 0.15) is 70.4 Å². The first-order valence-corrected chi connectivity index (χ1v) is 15.6. The van der Waals surface area contributed by atoms with Gasteiger partial charge in [0.1, 0.15) is 12.1 Å². The normalized spacial score (nSPS) is 35.3. The van der Waals surface area contributed by atoms with Gasteiger partial charge in [0, 0.05) is 48.1 Å². The Labute approximate surface area is 252 Å². The van der Waals surface area contributed by atoms with E-state index in [4.69, 9.17) is 4.74 Å². The van der Waals surface area contributed by atoms with E-state index in [1.807, 2.05) is 27.7 Å². The largest absolute Gasteiger partial charge is 0.412 e. The summed E-state index contributed by atoms with van der Waals surface area (Å²) in [6, 6.07) is 5.13. The number of amides is 3. The zero-order valence-corrected chi connectivity index (χ0v) is 25.7. The summed E-state index contributed by atoms with van der Waals surface area (Å²) in [6.45, 7) is 8.73. The molecule has 11 heteroatoms. The molecule has 234 valence electrons. The van der Waals surface area contributed by atoms with E-state index in [0.29, 0.717) is 32.4 Å². The third-order valence-electron chi connectivity index (χ3n) is 10.7. The molecule has 1 aromatic heterocycles. The van der Waals surface area contributed by atoms with Crippen molar-refractivity contribution in [3.63, 3.8) is 0 Å². The van der Waals surface area contributed by atoms with E-state index >= 15 is 0 Å². The molecule has 0 bridgehead atoms. The summed E-state index contributed by atoms with van der Waals surface area (Å²) in [7, 11) is 2.07. The second-order valence-electron chi connectivity index (χ2n) is 14.0. The number of rotatable bonds is 5. The number of carbonyl (C=O) groups excluding carboxylic acids is 3. The van der Waals surface area contributed by atoms with Crippen LogP contribution in [0.25, 0.3) is 10.9 Å².